The molecule has 8 heteroatoms. The summed E-state index contributed by atoms with van der Waals surface area (Å²) in [6.45, 7) is 3.46. The number of aromatic nitrogens is 1. The molecule has 1 atom stereocenters. The monoisotopic (exact) mass is 388 g/mol. The first kappa shape index (κ1) is 21.0. The van der Waals surface area contributed by atoms with Crippen molar-refractivity contribution in [3.05, 3.63) is 47.8 Å². The molecule has 0 aliphatic heterocycles. The molecule has 2 N–H and O–H groups in total. The van der Waals surface area contributed by atoms with Gasteiger partial charge in [-0.3, -0.25) is 0 Å². The maximum atomic E-state index is 12.2. The summed E-state index contributed by atoms with van der Waals surface area (Å²) in [7, 11) is 1.27. The van der Waals surface area contributed by atoms with E-state index in [4.69, 9.17) is 14.2 Å². The Kier molecular flexibility index (Phi) is 7.62. The van der Waals surface area contributed by atoms with Crippen molar-refractivity contribution < 1.29 is 28.6 Å². The predicted molar refractivity (Wildman–Crippen MR) is 102 cm³/mol. The predicted octanol–water partition coefficient (Wildman–Crippen LogP) is 1.85. The first-order valence-corrected chi connectivity index (χ1v) is 8.95. The molecular weight excluding hydrogens is 364 g/mol. The van der Waals surface area contributed by atoms with Crippen LogP contribution in [0, 0.1) is 0 Å². The van der Waals surface area contributed by atoms with Crippen LogP contribution in [0.2, 0.25) is 0 Å². The van der Waals surface area contributed by atoms with Crippen LogP contribution in [0.3, 0.4) is 0 Å². The SMILES string of the molecule is CCOC(=O)C(=CN[C@H](Cc1c[nH]c2ccccc12)C(=O)OC)C(=O)OCC. The molecule has 0 bridgehead atoms. The molecule has 1 aromatic heterocycles. The zero-order chi connectivity index (χ0) is 20.5. The van der Waals surface area contributed by atoms with Gasteiger partial charge in [-0.15, -0.1) is 0 Å². The third-order valence-electron chi connectivity index (χ3n) is 4.00. The molecule has 0 unspecified atom stereocenters. The van der Waals surface area contributed by atoms with Crippen molar-refractivity contribution in [1.82, 2.24) is 10.3 Å². The molecule has 28 heavy (non-hydrogen) atoms. The number of esters is 3. The number of H-pyrrole nitrogens is 1. The third-order valence-corrected chi connectivity index (χ3v) is 4.00. The minimum Gasteiger partial charge on any atom is -0.467 e. The second kappa shape index (κ2) is 10.1. The van der Waals surface area contributed by atoms with Gasteiger partial charge in [0.25, 0.3) is 0 Å². The second-order valence-corrected chi connectivity index (χ2v) is 5.80. The summed E-state index contributed by atoms with van der Waals surface area (Å²) in [5.41, 5.74) is 1.51. The Morgan fingerprint density at radius 2 is 1.75 bits per heavy atom. The van der Waals surface area contributed by atoms with Crippen LogP contribution in [0.25, 0.3) is 10.9 Å². The number of para-hydroxylation sites is 1. The molecule has 0 aliphatic carbocycles. The van der Waals surface area contributed by atoms with Gasteiger partial charge in [-0.2, -0.15) is 0 Å². The molecule has 2 rings (SSSR count). The van der Waals surface area contributed by atoms with E-state index in [-0.39, 0.29) is 25.2 Å². The number of benzene rings is 1. The van der Waals surface area contributed by atoms with Gasteiger partial charge < -0.3 is 24.5 Å². The quantitative estimate of drug-likeness (QED) is 0.222. The number of carbonyl (C=O) groups is 3. The summed E-state index contributed by atoms with van der Waals surface area (Å²) in [6, 6.07) is 6.86. The minimum atomic E-state index is -0.829. The number of ether oxygens (including phenoxy) is 3. The molecule has 2 aromatic rings. The average molecular weight is 388 g/mol. The highest BCUT2D eigenvalue weighted by Gasteiger charge is 2.24. The summed E-state index contributed by atoms with van der Waals surface area (Å²) in [5, 5.41) is 3.77. The highest BCUT2D eigenvalue weighted by molar-refractivity contribution is 6.14. The normalized spacial score (nSPS) is 11.4. The highest BCUT2D eigenvalue weighted by atomic mass is 16.6. The van der Waals surface area contributed by atoms with E-state index >= 15 is 0 Å². The lowest BCUT2D eigenvalue weighted by Crippen LogP contribution is -2.37. The fourth-order valence-electron chi connectivity index (χ4n) is 2.68. The largest absolute Gasteiger partial charge is 0.467 e. The molecule has 0 saturated heterocycles. The first-order valence-electron chi connectivity index (χ1n) is 8.95. The number of carbonyl (C=O) groups excluding carboxylic acids is 3. The van der Waals surface area contributed by atoms with Crippen molar-refractivity contribution in [1.29, 1.82) is 0 Å². The van der Waals surface area contributed by atoms with Gasteiger partial charge in [-0.1, -0.05) is 18.2 Å². The van der Waals surface area contributed by atoms with E-state index in [2.05, 4.69) is 10.3 Å². The molecule has 8 nitrogen and oxygen atoms in total. The molecule has 1 aromatic carbocycles. The zero-order valence-corrected chi connectivity index (χ0v) is 16.1. The highest BCUT2D eigenvalue weighted by Crippen LogP contribution is 2.19. The number of aromatic amines is 1. The maximum absolute atomic E-state index is 12.2. The van der Waals surface area contributed by atoms with E-state index in [0.717, 1.165) is 22.7 Å². The molecule has 0 saturated carbocycles. The first-order chi connectivity index (χ1) is 13.5. The number of hydrogen-bond acceptors (Lipinski definition) is 7. The molecule has 0 amide bonds. The lowest BCUT2D eigenvalue weighted by Gasteiger charge is -2.16. The lowest BCUT2D eigenvalue weighted by atomic mass is 10.0. The van der Waals surface area contributed by atoms with Crippen LogP contribution in [0.15, 0.2) is 42.2 Å². The Bertz CT molecular complexity index is 850. The number of fused-ring (bicyclic) bond motifs is 1. The van der Waals surface area contributed by atoms with Crippen molar-refractivity contribution in [2.75, 3.05) is 20.3 Å². The van der Waals surface area contributed by atoms with Gasteiger partial charge in [0.1, 0.15) is 6.04 Å². The van der Waals surface area contributed by atoms with Crippen LogP contribution in [0.1, 0.15) is 19.4 Å². The zero-order valence-electron chi connectivity index (χ0n) is 16.1. The fourth-order valence-corrected chi connectivity index (χ4v) is 2.68. The Morgan fingerprint density at radius 1 is 1.11 bits per heavy atom. The Labute approximate surface area is 162 Å². The fraction of sp³-hybridized carbons (Fsp3) is 0.350. The van der Waals surface area contributed by atoms with Crippen LogP contribution >= 0.6 is 0 Å². The molecular formula is C20H24N2O6. The molecule has 0 radical (unpaired) electrons. The van der Waals surface area contributed by atoms with Crippen molar-refractivity contribution in [3.8, 4) is 0 Å². The number of rotatable bonds is 9. The topological polar surface area (TPSA) is 107 Å². The van der Waals surface area contributed by atoms with Crippen LogP contribution in [-0.2, 0) is 35.0 Å². The molecule has 0 spiro atoms. The molecule has 0 aliphatic rings. The second-order valence-electron chi connectivity index (χ2n) is 5.80. The Balaban J connectivity index is 2.26. The summed E-state index contributed by atoms with van der Waals surface area (Å²) >= 11 is 0. The van der Waals surface area contributed by atoms with E-state index in [1.54, 1.807) is 13.8 Å². The molecule has 150 valence electrons. The minimum absolute atomic E-state index is 0.103. The average Bonchev–Trinajstić information content (AvgIpc) is 3.10. The number of nitrogens with one attached hydrogen (secondary N) is 2. The molecule has 0 fully saturated rings. The van der Waals surface area contributed by atoms with Crippen LogP contribution < -0.4 is 5.32 Å². The van der Waals surface area contributed by atoms with Gasteiger partial charge >= 0.3 is 17.9 Å². The van der Waals surface area contributed by atoms with Gasteiger partial charge in [0.15, 0.2) is 5.57 Å². The van der Waals surface area contributed by atoms with Gasteiger partial charge in [0.05, 0.1) is 20.3 Å². The number of hydrogen-bond donors (Lipinski definition) is 2. The summed E-state index contributed by atoms with van der Waals surface area (Å²) < 4.78 is 14.6. The standard InChI is InChI=1S/C20H24N2O6/c1-4-27-18(23)15(19(24)28-5-2)12-22-17(20(25)26-3)10-13-11-21-16-9-7-6-8-14(13)16/h6-9,11-12,17,21-22H,4-5,10H2,1-3H3/t17-/m1/s1. The van der Waals surface area contributed by atoms with Crippen molar-refractivity contribution in [2.45, 2.75) is 26.3 Å². The summed E-state index contributed by atoms with van der Waals surface area (Å²) in [6.07, 6.45) is 3.24. The van der Waals surface area contributed by atoms with Gasteiger partial charge in [0, 0.05) is 29.7 Å². The smallest absolute Gasteiger partial charge is 0.347 e. The third kappa shape index (κ3) is 5.12. The van der Waals surface area contributed by atoms with Crippen LogP contribution in [0.5, 0.6) is 0 Å². The number of methoxy groups -OCH3 is 1. The van der Waals surface area contributed by atoms with Crippen molar-refractivity contribution in [2.24, 2.45) is 0 Å². The van der Waals surface area contributed by atoms with Crippen LogP contribution in [0.4, 0.5) is 0 Å². The van der Waals surface area contributed by atoms with Gasteiger partial charge in [0.2, 0.25) is 0 Å². The van der Waals surface area contributed by atoms with Gasteiger partial charge in [-0.25, -0.2) is 14.4 Å². The van der Waals surface area contributed by atoms with E-state index in [0.29, 0.717) is 0 Å². The van der Waals surface area contributed by atoms with Gasteiger partial charge in [-0.05, 0) is 25.5 Å². The maximum Gasteiger partial charge on any atom is 0.347 e. The molecule has 1 heterocycles. The van der Waals surface area contributed by atoms with E-state index in [1.807, 2.05) is 30.5 Å². The van der Waals surface area contributed by atoms with E-state index < -0.39 is 23.9 Å². The van der Waals surface area contributed by atoms with Crippen molar-refractivity contribution >= 4 is 28.8 Å². The lowest BCUT2D eigenvalue weighted by molar-refractivity contribution is -0.147. The van der Waals surface area contributed by atoms with Crippen molar-refractivity contribution in [3.63, 3.8) is 0 Å². The summed E-state index contributed by atoms with van der Waals surface area (Å²) in [5.74, 6) is -2.19. The van der Waals surface area contributed by atoms with E-state index in [9.17, 15) is 14.4 Å². The Hall–Kier alpha value is -3.29. The summed E-state index contributed by atoms with van der Waals surface area (Å²) in [4.78, 5) is 39.5. The Morgan fingerprint density at radius 3 is 2.36 bits per heavy atom. The van der Waals surface area contributed by atoms with E-state index in [1.165, 1.54) is 7.11 Å². The van der Waals surface area contributed by atoms with Crippen LogP contribution in [-0.4, -0.2) is 49.3 Å².